The first kappa shape index (κ1) is 10.0. The lowest BCUT2D eigenvalue weighted by Gasteiger charge is -2.14. The molecule has 0 heterocycles. The number of benzene rings is 1. The van der Waals surface area contributed by atoms with Crippen LogP contribution in [0.2, 0.25) is 0 Å². The van der Waals surface area contributed by atoms with E-state index in [1.54, 1.807) is 30.3 Å². The van der Waals surface area contributed by atoms with Crippen LogP contribution in [0.4, 0.5) is 0 Å². The molecule has 1 rings (SSSR count). The van der Waals surface area contributed by atoms with Crippen molar-refractivity contribution in [3.63, 3.8) is 0 Å². The van der Waals surface area contributed by atoms with E-state index in [2.05, 4.69) is 0 Å². The number of hydrogen-bond donors (Lipinski definition) is 2. The Kier molecular flexibility index (Phi) is 3.03. The molecule has 6 heteroatoms. The van der Waals surface area contributed by atoms with Crippen LogP contribution in [0.25, 0.3) is 0 Å². The number of hydroxylamine groups is 1. The Labute approximate surface area is 80.0 Å². The fourth-order valence-electron chi connectivity index (χ4n) is 0.745. The molecule has 0 fully saturated rings. The van der Waals surface area contributed by atoms with Crippen molar-refractivity contribution in [3.8, 4) is 5.75 Å². The number of hydrazine groups is 1. The lowest BCUT2D eigenvalue weighted by atomic mass is 10.3. The Hall–Kier alpha value is -2.08. The van der Waals surface area contributed by atoms with Crippen molar-refractivity contribution >= 4 is 11.8 Å². The summed E-state index contributed by atoms with van der Waals surface area (Å²) in [7, 11) is 0. The average molecular weight is 195 g/mol. The van der Waals surface area contributed by atoms with Crippen LogP contribution in [-0.2, 0) is 9.59 Å². The molecule has 0 atom stereocenters. The van der Waals surface area contributed by atoms with E-state index in [9.17, 15) is 9.59 Å². The van der Waals surface area contributed by atoms with Gasteiger partial charge in [0.25, 0.3) is 0 Å². The fourth-order valence-corrected chi connectivity index (χ4v) is 0.745. The Bertz CT molecular complexity index is 339. The summed E-state index contributed by atoms with van der Waals surface area (Å²) in [6.45, 7) is 0. The zero-order valence-corrected chi connectivity index (χ0v) is 7.21. The van der Waals surface area contributed by atoms with Crippen LogP contribution in [0.15, 0.2) is 30.3 Å². The molecule has 1 aromatic carbocycles. The van der Waals surface area contributed by atoms with Gasteiger partial charge in [-0.2, -0.15) is 0 Å². The van der Waals surface area contributed by atoms with Gasteiger partial charge >= 0.3 is 11.8 Å². The molecule has 0 bridgehead atoms. The first-order valence-corrected chi connectivity index (χ1v) is 3.73. The summed E-state index contributed by atoms with van der Waals surface area (Å²) >= 11 is 0. The van der Waals surface area contributed by atoms with Gasteiger partial charge in [-0.05, 0) is 12.1 Å². The molecule has 74 valence electrons. The Morgan fingerprint density at radius 2 is 1.79 bits per heavy atom. The molecule has 2 amide bonds. The highest BCUT2D eigenvalue weighted by Gasteiger charge is 2.17. The summed E-state index contributed by atoms with van der Waals surface area (Å²) in [6, 6.07) is 8.31. The molecule has 0 spiro atoms. The number of nitrogens with zero attached hydrogens (tertiary/aromatic N) is 1. The third kappa shape index (κ3) is 2.46. The van der Waals surface area contributed by atoms with Crippen LogP contribution >= 0.6 is 0 Å². The maximum absolute atomic E-state index is 10.8. The first-order valence-electron chi connectivity index (χ1n) is 3.73. The van der Waals surface area contributed by atoms with Crippen molar-refractivity contribution in [1.82, 2.24) is 5.17 Å². The lowest BCUT2D eigenvalue weighted by Crippen LogP contribution is -2.46. The summed E-state index contributed by atoms with van der Waals surface area (Å²) in [4.78, 5) is 26.0. The number of primary amides is 1. The minimum Gasteiger partial charge on any atom is -0.361 e. The van der Waals surface area contributed by atoms with Gasteiger partial charge in [-0.15, -0.1) is 0 Å². The van der Waals surface area contributed by atoms with Crippen molar-refractivity contribution in [2.75, 3.05) is 0 Å². The average Bonchev–Trinajstić information content (AvgIpc) is 2.18. The summed E-state index contributed by atoms with van der Waals surface area (Å²) in [5.74, 6) is 3.15. The van der Waals surface area contributed by atoms with E-state index in [-0.39, 0.29) is 5.17 Å². The van der Waals surface area contributed by atoms with Gasteiger partial charge in [0.1, 0.15) is 0 Å². The van der Waals surface area contributed by atoms with E-state index in [0.717, 1.165) is 0 Å². The zero-order chi connectivity index (χ0) is 10.6. The number of nitrogens with two attached hydrogens (primary N) is 2. The van der Waals surface area contributed by atoms with Crippen LogP contribution in [0.3, 0.4) is 0 Å². The van der Waals surface area contributed by atoms with Crippen LogP contribution in [0.5, 0.6) is 5.75 Å². The highest BCUT2D eigenvalue weighted by Crippen LogP contribution is 2.08. The molecule has 0 unspecified atom stereocenters. The molecule has 1 aromatic rings. The van der Waals surface area contributed by atoms with Gasteiger partial charge in [-0.3, -0.25) is 9.59 Å². The summed E-state index contributed by atoms with van der Waals surface area (Å²) in [6.07, 6.45) is 0. The lowest BCUT2D eigenvalue weighted by molar-refractivity contribution is -0.164. The molecular weight excluding hydrogens is 186 g/mol. The molecule has 0 saturated heterocycles. The van der Waals surface area contributed by atoms with Crippen LogP contribution < -0.4 is 16.4 Å². The first-order chi connectivity index (χ1) is 6.61. The van der Waals surface area contributed by atoms with Gasteiger partial charge in [0.2, 0.25) is 0 Å². The zero-order valence-electron chi connectivity index (χ0n) is 7.21. The molecular formula is C8H9N3O3. The van der Waals surface area contributed by atoms with Gasteiger partial charge in [-0.25, -0.2) is 5.84 Å². The number of hydrogen-bond acceptors (Lipinski definition) is 4. The van der Waals surface area contributed by atoms with Crippen molar-refractivity contribution in [3.05, 3.63) is 30.3 Å². The van der Waals surface area contributed by atoms with E-state index in [0.29, 0.717) is 5.75 Å². The second kappa shape index (κ2) is 4.24. The molecule has 0 aromatic heterocycles. The smallest absolute Gasteiger partial charge is 0.360 e. The summed E-state index contributed by atoms with van der Waals surface area (Å²) < 4.78 is 0. The molecule has 0 saturated carbocycles. The third-order valence-corrected chi connectivity index (χ3v) is 1.36. The summed E-state index contributed by atoms with van der Waals surface area (Å²) in [5, 5.41) is 0.289. The van der Waals surface area contributed by atoms with Crippen molar-refractivity contribution in [2.45, 2.75) is 0 Å². The van der Waals surface area contributed by atoms with E-state index in [1.807, 2.05) is 0 Å². The van der Waals surface area contributed by atoms with E-state index >= 15 is 0 Å². The second-order valence-electron chi connectivity index (χ2n) is 2.40. The monoisotopic (exact) mass is 195 g/mol. The number of para-hydroxylation sites is 1. The Morgan fingerprint density at radius 3 is 2.29 bits per heavy atom. The number of amides is 2. The largest absolute Gasteiger partial charge is 0.361 e. The van der Waals surface area contributed by atoms with E-state index in [4.69, 9.17) is 16.4 Å². The normalized spacial score (nSPS) is 9.21. The molecule has 0 aliphatic heterocycles. The van der Waals surface area contributed by atoms with Crippen molar-refractivity contribution < 1.29 is 14.4 Å². The number of carbonyl (C=O) groups is 2. The quantitative estimate of drug-likeness (QED) is 0.278. The maximum atomic E-state index is 10.8. The Morgan fingerprint density at radius 1 is 1.21 bits per heavy atom. The molecule has 0 radical (unpaired) electrons. The van der Waals surface area contributed by atoms with Crippen LogP contribution in [0, 0.1) is 0 Å². The van der Waals surface area contributed by atoms with Crippen LogP contribution in [-0.4, -0.2) is 17.0 Å². The minimum atomic E-state index is -1.18. The van der Waals surface area contributed by atoms with Gasteiger partial charge in [0, 0.05) is 0 Å². The topological polar surface area (TPSA) is 98.7 Å². The van der Waals surface area contributed by atoms with Gasteiger partial charge in [0.15, 0.2) is 5.75 Å². The SMILES string of the molecule is NC(=O)C(=O)N(N)Oc1ccccc1. The molecule has 6 nitrogen and oxygen atoms in total. The molecule has 14 heavy (non-hydrogen) atoms. The summed E-state index contributed by atoms with van der Waals surface area (Å²) in [5.41, 5.74) is 4.70. The highest BCUT2D eigenvalue weighted by molar-refractivity contribution is 6.33. The second-order valence-corrected chi connectivity index (χ2v) is 2.40. The standard InChI is InChI=1S/C8H9N3O3/c9-7(12)8(13)11(10)14-6-4-2-1-3-5-6/h1-5H,10H2,(H2,9,12). The Balaban J connectivity index is 2.62. The minimum absolute atomic E-state index is 0.289. The van der Waals surface area contributed by atoms with Gasteiger partial charge < -0.3 is 10.6 Å². The third-order valence-electron chi connectivity index (χ3n) is 1.36. The fraction of sp³-hybridized carbons (Fsp3) is 0. The predicted octanol–water partition coefficient (Wildman–Crippen LogP) is -0.832. The van der Waals surface area contributed by atoms with E-state index < -0.39 is 11.8 Å². The predicted molar refractivity (Wildman–Crippen MR) is 47.3 cm³/mol. The van der Waals surface area contributed by atoms with Crippen molar-refractivity contribution in [2.24, 2.45) is 11.6 Å². The number of rotatable bonds is 2. The molecule has 0 aliphatic rings. The van der Waals surface area contributed by atoms with Crippen molar-refractivity contribution in [1.29, 1.82) is 0 Å². The molecule has 4 N–H and O–H groups in total. The molecule has 0 aliphatic carbocycles. The number of carbonyl (C=O) groups excluding carboxylic acids is 2. The van der Waals surface area contributed by atoms with Gasteiger partial charge in [-0.1, -0.05) is 23.4 Å². The van der Waals surface area contributed by atoms with E-state index in [1.165, 1.54) is 0 Å². The maximum Gasteiger partial charge on any atom is 0.360 e. The highest BCUT2D eigenvalue weighted by atomic mass is 16.7. The van der Waals surface area contributed by atoms with Crippen LogP contribution in [0.1, 0.15) is 0 Å². The van der Waals surface area contributed by atoms with Gasteiger partial charge in [0.05, 0.1) is 0 Å².